The molecule has 0 saturated heterocycles. The fourth-order valence-corrected chi connectivity index (χ4v) is 1.97. The van der Waals surface area contributed by atoms with Gasteiger partial charge in [0.25, 0.3) is 0 Å². The number of hydrogen-bond acceptors (Lipinski definition) is 1. The molecule has 2 aromatic carbocycles. The first-order valence-electron chi connectivity index (χ1n) is 5.68. The molecule has 0 aliphatic heterocycles. The van der Waals surface area contributed by atoms with Crippen LogP contribution in [0.5, 0.6) is 0 Å². The van der Waals surface area contributed by atoms with Gasteiger partial charge in [0, 0.05) is 18.0 Å². The zero-order valence-electron chi connectivity index (χ0n) is 9.62. The predicted molar refractivity (Wildman–Crippen MR) is 69.0 cm³/mol. The maximum Gasteiger partial charge on any atom is 0.123 e. The molecule has 2 nitrogen and oxygen atoms in total. The fourth-order valence-electron chi connectivity index (χ4n) is 1.97. The molecule has 0 fully saturated rings. The topological polar surface area (TPSA) is 17.8 Å². The van der Waals surface area contributed by atoms with Crippen molar-refractivity contribution in [3.05, 3.63) is 73.1 Å². The summed E-state index contributed by atoms with van der Waals surface area (Å²) >= 11 is 0. The molecule has 1 aromatic heterocycles. The van der Waals surface area contributed by atoms with Crippen LogP contribution in [0.15, 0.2) is 67.3 Å². The van der Waals surface area contributed by atoms with E-state index in [1.54, 1.807) is 24.7 Å². The summed E-state index contributed by atoms with van der Waals surface area (Å²) in [6, 6.07) is 14.5. The molecule has 0 bridgehead atoms. The van der Waals surface area contributed by atoms with E-state index in [0.29, 0.717) is 0 Å². The number of aromatic nitrogens is 2. The molecule has 18 heavy (non-hydrogen) atoms. The van der Waals surface area contributed by atoms with E-state index in [4.69, 9.17) is 0 Å². The van der Waals surface area contributed by atoms with Crippen molar-refractivity contribution in [2.45, 2.75) is 0 Å². The summed E-state index contributed by atoms with van der Waals surface area (Å²) in [5.74, 6) is -0.223. The Kier molecular flexibility index (Phi) is 2.65. The van der Waals surface area contributed by atoms with Crippen LogP contribution in [-0.4, -0.2) is 9.55 Å². The lowest BCUT2D eigenvalue weighted by Crippen LogP contribution is -1.93. The van der Waals surface area contributed by atoms with Crippen LogP contribution in [0.25, 0.3) is 16.8 Å². The van der Waals surface area contributed by atoms with Crippen molar-refractivity contribution in [2.75, 3.05) is 0 Å². The van der Waals surface area contributed by atoms with Gasteiger partial charge < -0.3 is 4.57 Å². The van der Waals surface area contributed by atoms with Gasteiger partial charge in [-0.1, -0.05) is 30.3 Å². The Morgan fingerprint density at radius 1 is 0.944 bits per heavy atom. The van der Waals surface area contributed by atoms with Crippen molar-refractivity contribution in [1.29, 1.82) is 0 Å². The van der Waals surface area contributed by atoms with Gasteiger partial charge >= 0.3 is 0 Å². The summed E-state index contributed by atoms with van der Waals surface area (Å²) in [7, 11) is 0. The monoisotopic (exact) mass is 238 g/mol. The molecule has 1 heterocycles. The second-order valence-electron chi connectivity index (χ2n) is 3.99. The van der Waals surface area contributed by atoms with Crippen molar-refractivity contribution >= 4 is 0 Å². The Bertz CT molecular complexity index is 643. The average Bonchev–Trinajstić information content (AvgIpc) is 2.93. The van der Waals surface area contributed by atoms with E-state index in [-0.39, 0.29) is 5.82 Å². The number of para-hydroxylation sites is 1. The van der Waals surface area contributed by atoms with Crippen LogP contribution in [0.2, 0.25) is 0 Å². The minimum atomic E-state index is -0.223. The first kappa shape index (κ1) is 10.7. The minimum absolute atomic E-state index is 0.223. The van der Waals surface area contributed by atoms with E-state index < -0.39 is 0 Å². The molecule has 88 valence electrons. The van der Waals surface area contributed by atoms with Crippen LogP contribution in [-0.2, 0) is 0 Å². The Hall–Kier alpha value is -2.42. The lowest BCUT2D eigenvalue weighted by molar-refractivity contribution is 0.628. The summed E-state index contributed by atoms with van der Waals surface area (Å²) in [6.45, 7) is 0. The summed E-state index contributed by atoms with van der Waals surface area (Å²) in [5, 5.41) is 0. The first-order chi connectivity index (χ1) is 8.84. The lowest BCUT2D eigenvalue weighted by Gasteiger charge is -2.10. The van der Waals surface area contributed by atoms with E-state index in [9.17, 15) is 4.39 Å². The number of benzene rings is 2. The molecule has 3 aromatic rings. The SMILES string of the molecule is Fc1ccc(-c2ccccc2-n2ccnc2)cc1. The number of rotatable bonds is 2. The third-order valence-corrected chi connectivity index (χ3v) is 2.84. The van der Waals surface area contributed by atoms with E-state index in [1.807, 2.05) is 35.0 Å². The molecule has 0 unspecified atom stereocenters. The second kappa shape index (κ2) is 4.45. The lowest BCUT2D eigenvalue weighted by atomic mass is 10.0. The smallest absolute Gasteiger partial charge is 0.123 e. The number of hydrogen-bond donors (Lipinski definition) is 0. The van der Waals surface area contributed by atoms with Gasteiger partial charge in [-0.3, -0.25) is 0 Å². The number of nitrogens with zero attached hydrogens (tertiary/aromatic N) is 2. The molecule has 0 radical (unpaired) electrons. The normalized spacial score (nSPS) is 10.5. The second-order valence-corrected chi connectivity index (χ2v) is 3.99. The van der Waals surface area contributed by atoms with Gasteiger partial charge in [-0.05, 0) is 23.8 Å². The zero-order chi connectivity index (χ0) is 12.4. The summed E-state index contributed by atoms with van der Waals surface area (Å²) < 4.78 is 14.9. The average molecular weight is 238 g/mol. The van der Waals surface area contributed by atoms with E-state index in [2.05, 4.69) is 4.98 Å². The maximum absolute atomic E-state index is 13.0. The molecule has 0 atom stereocenters. The number of imidazole rings is 1. The van der Waals surface area contributed by atoms with Gasteiger partial charge in [-0.2, -0.15) is 0 Å². The highest BCUT2D eigenvalue weighted by Crippen LogP contribution is 2.26. The highest BCUT2D eigenvalue weighted by atomic mass is 19.1. The molecule has 0 aliphatic carbocycles. The number of halogens is 1. The molecule has 0 amide bonds. The van der Waals surface area contributed by atoms with Gasteiger partial charge in [0.15, 0.2) is 0 Å². The first-order valence-corrected chi connectivity index (χ1v) is 5.68. The quantitative estimate of drug-likeness (QED) is 0.666. The molecule has 0 saturated carbocycles. The van der Waals surface area contributed by atoms with Crippen molar-refractivity contribution in [3.8, 4) is 16.8 Å². The van der Waals surface area contributed by atoms with Gasteiger partial charge in [0.05, 0.1) is 12.0 Å². The van der Waals surface area contributed by atoms with Crippen LogP contribution in [0, 0.1) is 5.82 Å². The zero-order valence-corrected chi connectivity index (χ0v) is 9.62. The molecule has 3 heteroatoms. The fraction of sp³-hybridized carbons (Fsp3) is 0. The molecule has 0 spiro atoms. The molecular formula is C15H11FN2. The highest BCUT2D eigenvalue weighted by Gasteiger charge is 2.05. The third kappa shape index (κ3) is 1.91. The summed E-state index contributed by atoms with van der Waals surface area (Å²) in [6.07, 6.45) is 5.38. The standard InChI is InChI=1S/C15H11FN2/c16-13-7-5-12(6-8-13)14-3-1-2-4-15(14)18-10-9-17-11-18/h1-11H. The Morgan fingerprint density at radius 2 is 1.72 bits per heavy atom. The Morgan fingerprint density at radius 3 is 2.44 bits per heavy atom. The molecule has 3 rings (SSSR count). The van der Waals surface area contributed by atoms with Gasteiger partial charge in [-0.25, -0.2) is 9.37 Å². The van der Waals surface area contributed by atoms with Crippen molar-refractivity contribution in [2.24, 2.45) is 0 Å². The molecule has 0 N–H and O–H groups in total. The summed E-state index contributed by atoms with van der Waals surface area (Å²) in [5.41, 5.74) is 3.07. The maximum atomic E-state index is 13.0. The van der Waals surface area contributed by atoms with Crippen molar-refractivity contribution < 1.29 is 4.39 Å². The van der Waals surface area contributed by atoms with Crippen molar-refractivity contribution in [3.63, 3.8) is 0 Å². The minimum Gasteiger partial charge on any atom is -0.306 e. The Labute approximate surface area is 104 Å². The van der Waals surface area contributed by atoms with E-state index >= 15 is 0 Å². The van der Waals surface area contributed by atoms with Crippen LogP contribution < -0.4 is 0 Å². The van der Waals surface area contributed by atoms with Crippen molar-refractivity contribution in [1.82, 2.24) is 9.55 Å². The molecule has 0 aliphatic rings. The van der Waals surface area contributed by atoms with Gasteiger partial charge in [0.1, 0.15) is 5.82 Å². The third-order valence-electron chi connectivity index (χ3n) is 2.84. The van der Waals surface area contributed by atoms with Crippen LogP contribution in [0.1, 0.15) is 0 Å². The Balaban J connectivity index is 2.15. The van der Waals surface area contributed by atoms with E-state index in [1.165, 1.54) is 12.1 Å². The van der Waals surface area contributed by atoms with Gasteiger partial charge in [0.2, 0.25) is 0 Å². The van der Waals surface area contributed by atoms with Crippen LogP contribution in [0.3, 0.4) is 0 Å². The van der Waals surface area contributed by atoms with Crippen LogP contribution >= 0.6 is 0 Å². The molecular weight excluding hydrogens is 227 g/mol. The largest absolute Gasteiger partial charge is 0.306 e. The summed E-state index contributed by atoms with van der Waals surface area (Å²) in [4.78, 5) is 4.05. The predicted octanol–water partition coefficient (Wildman–Crippen LogP) is 3.68. The highest BCUT2D eigenvalue weighted by molar-refractivity contribution is 5.72. The van der Waals surface area contributed by atoms with Crippen LogP contribution in [0.4, 0.5) is 4.39 Å². The van der Waals surface area contributed by atoms with Gasteiger partial charge in [-0.15, -0.1) is 0 Å². The van der Waals surface area contributed by atoms with E-state index in [0.717, 1.165) is 16.8 Å².